The van der Waals surface area contributed by atoms with Gasteiger partial charge in [0.25, 0.3) is 11.8 Å². The third kappa shape index (κ3) is 5.09. The van der Waals surface area contributed by atoms with Gasteiger partial charge in [0.1, 0.15) is 17.4 Å². The van der Waals surface area contributed by atoms with E-state index in [9.17, 15) is 14.4 Å². The molecule has 3 aromatic carbocycles. The first-order chi connectivity index (χ1) is 15.9. The Bertz CT molecular complexity index is 1430. The molecule has 6 nitrogen and oxygen atoms in total. The number of aromatic nitrogens is 2. The van der Waals surface area contributed by atoms with Gasteiger partial charge in [0, 0.05) is 16.3 Å². The van der Waals surface area contributed by atoms with E-state index in [0.717, 1.165) is 11.6 Å². The summed E-state index contributed by atoms with van der Waals surface area (Å²) >= 11 is 11.6. The molecule has 0 aliphatic rings. The number of carbonyl (C=O) groups is 1. The lowest BCUT2D eigenvalue weighted by molar-refractivity contribution is -0.112. The fourth-order valence-electron chi connectivity index (χ4n) is 3.05. The number of nitriles is 1. The van der Waals surface area contributed by atoms with Gasteiger partial charge in [0.15, 0.2) is 0 Å². The van der Waals surface area contributed by atoms with Crippen molar-refractivity contribution < 1.29 is 13.9 Å². The molecule has 1 heterocycles. The highest BCUT2D eigenvalue weighted by Crippen LogP contribution is 2.34. The first-order valence-electron chi connectivity index (χ1n) is 9.51. The number of nitrogens with one attached hydrogen (secondary N) is 1. The summed E-state index contributed by atoms with van der Waals surface area (Å²) < 4.78 is 19.9. The Morgan fingerprint density at radius 1 is 1.09 bits per heavy atom. The first kappa shape index (κ1) is 22.2. The molecule has 0 aliphatic carbocycles. The monoisotopic (exact) mass is 478 g/mol. The summed E-state index contributed by atoms with van der Waals surface area (Å²) in [5.41, 5.74) is 0.676. The number of benzene rings is 3. The molecular weight excluding hydrogens is 466 g/mol. The third-order valence-electron chi connectivity index (χ3n) is 4.58. The maximum Gasteiger partial charge on any atom is 0.266 e. The number of ether oxygens (including phenoxy) is 1. The minimum atomic E-state index is -0.816. The van der Waals surface area contributed by atoms with Crippen molar-refractivity contribution in [2.45, 2.75) is 0 Å². The van der Waals surface area contributed by atoms with Gasteiger partial charge in [-0.1, -0.05) is 41.9 Å². The van der Waals surface area contributed by atoms with Gasteiger partial charge in [-0.2, -0.15) is 14.6 Å². The molecule has 0 atom stereocenters. The molecule has 0 unspecified atom stereocenters. The van der Waals surface area contributed by atoms with Gasteiger partial charge < -0.3 is 10.1 Å². The van der Waals surface area contributed by atoms with Crippen LogP contribution in [0.3, 0.4) is 0 Å². The van der Waals surface area contributed by atoms with E-state index in [1.165, 1.54) is 6.08 Å². The Morgan fingerprint density at radius 2 is 1.85 bits per heavy atom. The molecule has 33 heavy (non-hydrogen) atoms. The number of fused-ring (bicyclic) bond motifs is 1. The van der Waals surface area contributed by atoms with E-state index in [1.807, 2.05) is 18.2 Å². The molecule has 0 radical (unpaired) electrons. The van der Waals surface area contributed by atoms with Crippen LogP contribution in [0.5, 0.6) is 11.6 Å². The lowest BCUT2D eigenvalue weighted by Gasteiger charge is -2.12. The Balaban J connectivity index is 1.78. The molecule has 1 N–H and O–H groups in total. The number of carbonyl (C=O) groups excluding carboxylic acids is 1. The zero-order valence-electron chi connectivity index (χ0n) is 16.7. The maximum absolute atomic E-state index is 14.2. The van der Waals surface area contributed by atoms with Gasteiger partial charge in [-0.25, -0.2) is 4.98 Å². The standard InChI is InChI=1S/C24H13Cl2FN4O2/c25-16-6-8-17(9-7-16)30-22(32)15(12-28)11-19-18-4-2-1-3-14(18)5-10-21(19)33-23-20(27)13-29-24(26)31-23/h1-11,13H,(H,30,32)/b15-11+. The van der Waals surface area contributed by atoms with E-state index >= 15 is 0 Å². The summed E-state index contributed by atoms with van der Waals surface area (Å²) in [7, 11) is 0. The largest absolute Gasteiger partial charge is 0.436 e. The molecule has 1 amide bonds. The van der Waals surface area contributed by atoms with Gasteiger partial charge in [-0.3, -0.25) is 4.79 Å². The SMILES string of the molecule is N#C/C(=C\c1c(Oc2nc(Cl)ncc2F)ccc2ccccc12)C(=O)Nc1ccc(Cl)cc1. The summed E-state index contributed by atoms with van der Waals surface area (Å²) in [5.74, 6) is -1.66. The molecule has 4 aromatic rings. The quantitative estimate of drug-likeness (QED) is 0.203. The number of hydrogen-bond donors (Lipinski definition) is 1. The van der Waals surface area contributed by atoms with Crippen molar-refractivity contribution in [1.82, 2.24) is 9.97 Å². The molecule has 0 spiro atoms. The molecule has 0 saturated carbocycles. The number of halogens is 3. The van der Waals surface area contributed by atoms with Crippen LogP contribution >= 0.6 is 23.2 Å². The minimum absolute atomic E-state index is 0.175. The normalized spacial score (nSPS) is 11.2. The fourth-order valence-corrected chi connectivity index (χ4v) is 3.30. The maximum atomic E-state index is 14.2. The molecule has 0 aliphatic heterocycles. The fraction of sp³-hybridized carbons (Fsp3) is 0. The van der Waals surface area contributed by atoms with Crippen LogP contribution in [-0.2, 0) is 4.79 Å². The lowest BCUT2D eigenvalue weighted by Crippen LogP contribution is -2.13. The van der Waals surface area contributed by atoms with Crippen molar-refractivity contribution in [2.24, 2.45) is 0 Å². The average Bonchev–Trinajstić information content (AvgIpc) is 2.82. The molecule has 162 valence electrons. The van der Waals surface area contributed by atoms with E-state index < -0.39 is 11.7 Å². The molecule has 4 rings (SSSR count). The van der Waals surface area contributed by atoms with Crippen LogP contribution < -0.4 is 10.1 Å². The lowest BCUT2D eigenvalue weighted by atomic mass is 10.0. The highest BCUT2D eigenvalue weighted by atomic mass is 35.5. The van der Waals surface area contributed by atoms with E-state index in [0.29, 0.717) is 21.7 Å². The Labute approximate surface area is 197 Å². The van der Waals surface area contributed by atoms with Crippen LogP contribution in [0.2, 0.25) is 10.3 Å². The molecule has 9 heteroatoms. The smallest absolute Gasteiger partial charge is 0.266 e. The van der Waals surface area contributed by atoms with Crippen molar-refractivity contribution >= 4 is 51.6 Å². The second kappa shape index (κ2) is 9.65. The number of rotatable bonds is 5. The highest BCUT2D eigenvalue weighted by Gasteiger charge is 2.16. The van der Waals surface area contributed by atoms with Crippen LogP contribution in [0.15, 0.2) is 72.4 Å². The van der Waals surface area contributed by atoms with Gasteiger partial charge in [0.2, 0.25) is 11.1 Å². The Hall–Kier alpha value is -3.99. The summed E-state index contributed by atoms with van der Waals surface area (Å²) in [4.78, 5) is 20.1. The van der Waals surface area contributed by atoms with E-state index in [2.05, 4.69) is 15.3 Å². The van der Waals surface area contributed by atoms with Crippen LogP contribution in [0, 0.1) is 17.1 Å². The molecule has 1 aromatic heterocycles. The molecule has 0 fully saturated rings. The minimum Gasteiger partial charge on any atom is -0.436 e. The van der Waals surface area contributed by atoms with Gasteiger partial charge in [-0.05, 0) is 58.8 Å². The van der Waals surface area contributed by atoms with Crippen LogP contribution in [-0.4, -0.2) is 15.9 Å². The highest BCUT2D eigenvalue weighted by molar-refractivity contribution is 6.30. The first-order valence-corrected chi connectivity index (χ1v) is 10.3. The second-order valence-electron chi connectivity index (χ2n) is 6.72. The third-order valence-corrected chi connectivity index (χ3v) is 5.01. The summed E-state index contributed by atoms with van der Waals surface area (Å²) in [5, 5.41) is 14.2. The van der Waals surface area contributed by atoms with Gasteiger partial charge in [0.05, 0.1) is 6.20 Å². The molecule has 0 bridgehead atoms. The van der Waals surface area contributed by atoms with E-state index in [1.54, 1.807) is 48.5 Å². The molecule has 0 saturated heterocycles. The van der Waals surface area contributed by atoms with Crippen molar-refractivity contribution in [1.29, 1.82) is 5.26 Å². The predicted octanol–water partition coefficient (Wildman–Crippen LogP) is 6.41. The summed E-state index contributed by atoms with van der Waals surface area (Å²) in [6, 6.07) is 19.0. The topological polar surface area (TPSA) is 87.9 Å². The van der Waals surface area contributed by atoms with Crippen molar-refractivity contribution in [3.05, 3.63) is 94.1 Å². The Morgan fingerprint density at radius 3 is 2.61 bits per heavy atom. The van der Waals surface area contributed by atoms with E-state index in [-0.39, 0.29) is 22.5 Å². The van der Waals surface area contributed by atoms with Crippen molar-refractivity contribution in [3.63, 3.8) is 0 Å². The Kier molecular flexibility index (Phi) is 6.50. The second-order valence-corrected chi connectivity index (χ2v) is 7.50. The number of anilines is 1. The van der Waals surface area contributed by atoms with Crippen molar-refractivity contribution in [3.8, 4) is 17.7 Å². The van der Waals surface area contributed by atoms with Gasteiger partial charge in [-0.15, -0.1) is 0 Å². The zero-order chi connectivity index (χ0) is 23.4. The van der Waals surface area contributed by atoms with Gasteiger partial charge >= 0.3 is 0 Å². The van der Waals surface area contributed by atoms with Crippen LogP contribution in [0.4, 0.5) is 10.1 Å². The molecular formula is C24H13Cl2FN4O2. The number of nitrogens with zero attached hydrogens (tertiary/aromatic N) is 3. The van der Waals surface area contributed by atoms with Crippen LogP contribution in [0.25, 0.3) is 16.8 Å². The average molecular weight is 479 g/mol. The summed E-state index contributed by atoms with van der Waals surface area (Å²) in [6.07, 6.45) is 2.27. The van der Waals surface area contributed by atoms with Crippen LogP contribution in [0.1, 0.15) is 5.56 Å². The van der Waals surface area contributed by atoms with Crippen molar-refractivity contribution in [2.75, 3.05) is 5.32 Å². The number of amides is 1. The zero-order valence-corrected chi connectivity index (χ0v) is 18.2. The van der Waals surface area contributed by atoms with E-state index in [4.69, 9.17) is 27.9 Å². The number of hydrogen-bond acceptors (Lipinski definition) is 5. The summed E-state index contributed by atoms with van der Waals surface area (Å²) in [6.45, 7) is 0. The predicted molar refractivity (Wildman–Crippen MR) is 125 cm³/mol.